The van der Waals surface area contributed by atoms with Crippen molar-refractivity contribution >= 4 is 0 Å². The predicted molar refractivity (Wildman–Crippen MR) is 62.8 cm³/mol. The quantitative estimate of drug-likeness (QED) is 0.684. The van der Waals surface area contributed by atoms with Crippen LogP contribution in [0.5, 0.6) is 0 Å². The molecule has 1 aliphatic rings. The molecule has 1 heterocycles. The van der Waals surface area contributed by atoms with Gasteiger partial charge in [0.25, 0.3) is 5.56 Å². The van der Waals surface area contributed by atoms with Crippen molar-refractivity contribution in [2.24, 2.45) is 5.73 Å². The second-order valence-electron chi connectivity index (χ2n) is 3.24. The van der Waals surface area contributed by atoms with Crippen LogP contribution < -0.4 is 11.3 Å². The lowest BCUT2D eigenvalue weighted by molar-refractivity contribution is 0.418. The Morgan fingerprint density at radius 2 is 2.00 bits per heavy atom. The Kier molecular flexibility index (Phi) is 7.54. The second-order valence-corrected chi connectivity index (χ2v) is 3.24. The summed E-state index contributed by atoms with van der Waals surface area (Å²) in [5.74, 6) is 0. The van der Waals surface area contributed by atoms with Gasteiger partial charge in [0.05, 0.1) is 11.9 Å². The van der Waals surface area contributed by atoms with E-state index in [9.17, 15) is 4.79 Å². The van der Waals surface area contributed by atoms with E-state index in [4.69, 9.17) is 5.73 Å². The maximum absolute atomic E-state index is 10.3. The molecule has 4 heteroatoms. The van der Waals surface area contributed by atoms with Gasteiger partial charge in [-0.1, -0.05) is 20.3 Å². The number of aromatic amines is 1. The Hall–Kier alpha value is -1.16. The van der Waals surface area contributed by atoms with E-state index in [0.717, 1.165) is 5.69 Å². The molecule has 2 rings (SSSR count). The molecule has 1 fully saturated rings. The average Bonchev–Trinajstić information content (AvgIpc) is 2.23. The third kappa shape index (κ3) is 6.85. The highest BCUT2D eigenvalue weighted by Gasteiger charge is 2.09. The van der Waals surface area contributed by atoms with Gasteiger partial charge in [-0.15, -0.1) is 0 Å². The largest absolute Gasteiger partial charge is 0.328 e. The molecule has 0 bridgehead atoms. The van der Waals surface area contributed by atoms with E-state index < -0.39 is 0 Å². The lowest BCUT2D eigenvalue weighted by atomic mass is 9.95. The van der Waals surface area contributed by atoms with Crippen LogP contribution in [-0.2, 0) is 0 Å². The van der Waals surface area contributed by atoms with Crippen LogP contribution in [0.4, 0.5) is 0 Å². The molecular weight excluding hydrogens is 190 g/mol. The fourth-order valence-electron chi connectivity index (χ4n) is 0.850. The molecule has 1 aliphatic carbocycles. The summed E-state index contributed by atoms with van der Waals surface area (Å²) in [5, 5.41) is 0. The molecular formula is C11H21N3O. The van der Waals surface area contributed by atoms with E-state index >= 15 is 0 Å². The van der Waals surface area contributed by atoms with Crippen LogP contribution in [0.15, 0.2) is 17.2 Å². The summed E-state index contributed by atoms with van der Waals surface area (Å²) in [5.41, 5.74) is 6.05. The Balaban J connectivity index is 0.000000241. The zero-order chi connectivity index (χ0) is 11.7. The summed E-state index contributed by atoms with van der Waals surface area (Å²) < 4.78 is 0. The predicted octanol–water partition coefficient (Wildman–Crippen LogP) is 1.60. The maximum Gasteiger partial charge on any atom is 0.266 e. The van der Waals surface area contributed by atoms with Gasteiger partial charge in [-0.3, -0.25) is 9.78 Å². The van der Waals surface area contributed by atoms with Crippen molar-refractivity contribution in [2.75, 3.05) is 0 Å². The molecule has 1 saturated carbocycles. The fourth-order valence-corrected chi connectivity index (χ4v) is 0.850. The minimum atomic E-state index is -0.157. The Bertz CT molecular complexity index is 284. The van der Waals surface area contributed by atoms with E-state index in [-0.39, 0.29) is 5.56 Å². The molecule has 86 valence electrons. The minimum absolute atomic E-state index is 0.157. The topological polar surface area (TPSA) is 71.8 Å². The van der Waals surface area contributed by atoms with Crippen molar-refractivity contribution in [1.82, 2.24) is 9.97 Å². The summed E-state index contributed by atoms with van der Waals surface area (Å²) in [6.07, 6.45) is 6.72. The normalized spacial score (nSPS) is 13.9. The van der Waals surface area contributed by atoms with Crippen molar-refractivity contribution in [3.63, 3.8) is 0 Å². The summed E-state index contributed by atoms with van der Waals surface area (Å²) in [6, 6.07) is 0.565. The standard InChI is InChI=1S/C5H6N2O.C4H9N.C2H6/c1-4-2-7-5(8)3-6-4;5-4-2-1-3-4;1-2/h2-3H,1H3,(H,7,8);4H,1-3,5H2;1-2H3. The molecule has 0 aliphatic heterocycles. The fraction of sp³-hybridized carbons (Fsp3) is 0.636. The van der Waals surface area contributed by atoms with E-state index in [1.807, 2.05) is 20.8 Å². The molecule has 0 atom stereocenters. The first-order valence-corrected chi connectivity index (χ1v) is 5.45. The Morgan fingerprint density at radius 3 is 2.20 bits per heavy atom. The van der Waals surface area contributed by atoms with E-state index in [1.165, 1.54) is 25.5 Å². The first-order chi connectivity index (χ1) is 7.18. The summed E-state index contributed by atoms with van der Waals surface area (Å²) >= 11 is 0. The molecule has 0 saturated heterocycles. The molecule has 0 spiro atoms. The van der Waals surface area contributed by atoms with Crippen molar-refractivity contribution in [2.45, 2.75) is 46.1 Å². The molecule has 0 aromatic carbocycles. The number of H-pyrrole nitrogens is 1. The Labute approximate surface area is 90.9 Å². The number of hydrogen-bond acceptors (Lipinski definition) is 3. The average molecular weight is 211 g/mol. The number of hydrogen-bond donors (Lipinski definition) is 2. The number of rotatable bonds is 0. The summed E-state index contributed by atoms with van der Waals surface area (Å²) in [6.45, 7) is 5.82. The van der Waals surface area contributed by atoms with Crippen molar-refractivity contribution in [3.8, 4) is 0 Å². The van der Waals surface area contributed by atoms with Crippen molar-refractivity contribution in [1.29, 1.82) is 0 Å². The van der Waals surface area contributed by atoms with Gasteiger partial charge in [0, 0.05) is 12.2 Å². The van der Waals surface area contributed by atoms with Gasteiger partial charge in [0.15, 0.2) is 0 Å². The van der Waals surface area contributed by atoms with Gasteiger partial charge in [0.2, 0.25) is 0 Å². The van der Waals surface area contributed by atoms with Crippen LogP contribution in [0.25, 0.3) is 0 Å². The van der Waals surface area contributed by atoms with Crippen molar-refractivity contribution in [3.05, 3.63) is 28.4 Å². The maximum atomic E-state index is 10.3. The third-order valence-electron chi connectivity index (χ3n) is 1.96. The monoisotopic (exact) mass is 211 g/mol. The van der Waals surface area contributed by atoms with Crippen LogP contribution in [0, 0.1) is 6.92 Å². The smallest absolute Gasteiger partial charge is 0.266 e. The van der Waals surface area contributed by atoms with Gasteiger partial charge in [-0.2, -0.15) is 0 Å². The molecule has 0 amide bonds. The highest BCUT2D eigenvalue weighted by molar-refractivity contribution is 4.89. The van der Waals surface area contributed by atoms with Gasteiger partial charge in [-0.25, -0.2) is 0 Å². The number of nitrogens with one attached hydrogen (secondary N) is 1. The molecule has 1 aromatic rings. The highest BCUT2D eigenvalue weighted by atomic mass is 16.1. The highest BCUT2D eigenvalue weighted by Crippen LogP contribution is 2.14. The van der Waals surface area contributed by atoms with Crippen molar-refractivity contribution < 1.29 is 0 Å². The first kappa shape index (κ1) is 13.8. The van der Waals surface area contributed by atoms with E-state index in [1.54, 1.807) is 6.20 Å². The summed E-state index contributed by atoms with van der Waals surface area (Å²) in [4.78, 5) is 16.5. The first-order valence-electron chi connectivity index (χ1n) is 5.45. The Morgan fingerprint density at radius 1 is 1.47 bits per heavy atom. The number of nitrogens with two attached hydrogens (primary N) is 1. The minimum Gasteiger partial charge on any atom is -0.328 e. The van der Waals surface area contributed by atoms with E-state index in [2.05, 4.69) is 9.97 Å². The number of aryl methyl sites for hydroxylation is 1. The summed E-state index contributed by atoms with van der Waals surface area (Å²) in [7, 11) is 0. The zero-order valence-corrected chi connectivity index (χ0v) is 9.79. The second kappa shape index (κ2) is 8.17. The lowest BCUT2D eigenvalue weighted by Gasteiger charge is -2.18. The van der Waals surface area contributed by atoms with Crippen LogP contribution in [0.1, 0.15) is 38.8 Å². The van der Waals surface area contributed by atoms with Crippen LogP contribution in [-0.4, -0.2) is 16.0 Å². The van der Waals surface area contributed by atoms with Gasteiger partial charge >= 0.3 is 0 Å². The van der Waals surface area contributed by atoms with E-state index in [0.29, 0.717) is 6.04 Å². The van der Waals surface area contributed by atoms with Gasteiger partial charge in [-0.05, 0) is 19.8 Å². The molecule has 3 N–H and O–H groups in total. The number of aromatic nitrogens is 2. The molecule has 15 heavy (non-hydrogen) atoms. The number of nitrogens with zero attached hydrogens (tertiary/aromatic N) is 1. The molecule has 1 aromatic heterocycles. The molecule has 0 unspecified atom stereocenters. The van der Waals surface area contributed by atoms with Crippen LogP contribution >= 0.6 is 0 Å². The van der Waals surface area contributed by atoms with Gasteiger partial charge < -0.3 is 10.7 Å². The third-order valence-corrected chi connectivity index (χ3v) is 1.96. The van der Waals surface area contributed by atoms with Gasteiger partial charge in [0.1, 0.15) is 0 Å². The molecule has 4 nitrogen and oxygen atoms in total. The zero-order valence-electron chi connectivity index (χ0n) is 9.79. The SMILES string of the molecule is CC.Cc1c[nH]c(=O)cn1.NC1CCC1. The van der Waals surface area contributed by atoms with Crippen LogP contribution in [0.2, 0.25) is 0 Å². The molecule has 0 radical (unpaired) electrons. The lowest BCUT2D eigenvalue weighted by Crippen LogP contribution is -2.27. The van der Waals surface area contributed by atoms with Crippen LogP contribution in [0.3, 0.4) is 0 Å².